The second kappa shape index (κ2) is 4.94. The average molecular weight is 217 g/mol. The summed E-state index contributed by atoms with van der Waals surface area (Å²) in [5.74, 6) is -2.14. The van der Waals surface area contributed by atoms with Crippen molar-refractivity contribution in [3.05, 3.63) is 0 Å². The van der Waals surface area contributed by atoms with Crippen molar-refractivity contribution in [2.45, 2.75) is 19.4 Å². The van der Waals surface area contributed by atoms with Crippen molar-refractivity contribution in [2.24, 2.45) is 10.9 Å². The molecule has 0 radical (unpaired) electrons. The van der Waals surface area contributed by atoms with E-state index in [2.05, 4.69) is 9.99 Å². The topological polar surface area (TPSA) is 131 Å². The summed E-state index contributed by atoms with van der Waals surface area (Å²) in [6, 6.07) is -1.03. The molecule has 15 heavy (non-hydrogen) atoms. The molecule has 0 aromatic carbocycles. The number of nitrogens with one attached hydrogen (secondary N) is 1. The predicted octanol–water partition coefficient (Wildman–Crippen LogP) is -0.953. The molecular formula is C7H11N3O5. The highest BCUT2D eigenvalue weighted by Crippen LogP contribution is 2.08. The Morgan fingerprint density at radius 1 is 1.47 bits per heavy atom. The first kappa shape index (κ1) is 12.9. The molecule has 8 heteroatoms. The van der Waals surface area contributed by atoms with Crippen molar-refractivity contribution in [1.82, 2.24) is 5.32 Å². The van der Waals surface area contributed by atoms with Gasteiger partial charge in [0, 0.05) is 0 Å². The molecule has 0 saturated heterocycles. The minimum absolute atomic E-state index is 0.472. The number of urea groups is 1. The van der Waals surface area contributed by atoms with E-state index in [4.69, 9.17) is 10.8 Å². The number of amides is 3. The molecule has 0 aliphatic rings. The number of carboxylic acids is 1. The zero-order valence-electron chi connectivity index (χ0n) is 8.18. The highest BCUT2D eigenvalue weighted by Gasteiger charge is 2.31. The van der Waals surface area contributed by atoms with Gasteiger partial charge in [-0.05, 0) is 13.8 Å². The monoisotopic (exact) mass is 217 g/mol. The van der Waals surface area contributed by atoms with Crippen LogP contribution in [0.15, 0.2) is 5.16 Å². The molecule has 0 rings (SSSR count). The van der Waals surface area contributed by atoms with Crippen molar-refractivity contribution < 1.29 is 24.3 Å². The molecule has 4 N–H and O–H groups in total. The molecule has 0 aliphatic carbocycles. The number of primary amides is 1. The van der Waals surface area contributed by atoms with Crippen molar-refractivity contribution in [2.75, 3.05) is 0 Å². The van der Waals surface area contributed by atoms with Gasteiger partial charge in [0.15, 0.2) is 6.21 Å². The van der Waals surface area contributed by atoms with Crippen molar-refractivity contribution in [1.29, 1.82) is 0 Å². The van der Waals surface area contributed by atoms with Crippen LogP contribution in [0.25, 0.3) is 0 Å². The summed E-state index contributed by atoms with van der Waals surface area (Å²) in [7, 11) is 0. The molecule has 0 heterocycles. The van der Waals surface area contributed by atoms with Gasteiger partial charge in [-0.1, -0.05) is 5.16 Å². The summed E-state index contributed by atoms with van der Waals surface area (Å²) in [5.41, 5.74) is 3.22. The van der Waals surface area contributed by atoms with Crippen LogP contribution < -0.4 is 11.1 Å². The van der Waals surface area contributed by atoms with Crippen molar-refractivity contribution in [3.63, 3.8) is 0 Å². The van der Waals surface area contributed by atoms with Gasteiger partial charge in [0.25, 0.3) is 5.91 Å². The molecule has 0 saturated carbocycles. The van der Waals surface area contributed by atoms with E-state index in [0.29, 0.717) is 6.21 Å². The Morgan fingerprint density at radius 3 is 2.40 bits per heavy atom. The van der Waals surface area contributed by atoms with Crippen LogP contribution in [0, 0.1) is 0 Å². The number of nitrogens with zero attached hydrogens (tertiary/aromatic N) is 1. The molecule has 0 fully saturated rings. The molecular weight excluding hydrogens is 206 g/mol. The van der Waals surface area contributed by atoms with Crippen LogP contribution in [0.1, 0.15) is 13.8 Å². The highest BCUT2D eigenvalue weighted by atomic mass is 16.7. The number of rotatable bonds is 4. The summed E-state index contributed by atoms with van der Waals surface area (Å²) in [5, 5.41) is 13.0. The molecule has 0 bridgehead atoms. The van der Waals surface area contributed by atoms with E-state index < -0.39 is 23.5 Å². The van der Waals surface area contributed by atoms with Crippen LogP contribution in [0.5, 0.6) is 0 Å². The van der Waals surface area contributed by atoms with Crippen molar-refractivity contribution in [3.8, 4) is 0 Å². The van der Waals surface area contributed by atoms with Crippen LogP contribution in [-0.4, -0.2) is 34.8 Å². The normalized spacial score (nSPS) is 11.1. The summed E-state index contributed by atoms with van der Waals surface area (Å²) in [6.45, 7) is 2.59. The van der Waals surface area contributed by atoms with E-state index in [0.717, 1.165) is 0 Å². The van der Waals surface area contributed by atoms with E-state index >= 15 is 0 Å². The first-order valence-electron chi connectivity index (χ1n) is 3.81. The SMILES string of the molecule is CC(C)(ON=CC(=O)O)C(=O)NC(N)=O. The van der Waals surface area contributed by atoms with E-state index in [-0.39, 0.29) is 0 Å². The van der Waals surface area contributed by atoms with Gasteiger partial charge in [-0.25, -0.2) is 9.59 Å². The van der Waals surface area contributed by atoms with Crippen LogP contribution in [-0.2, 0) is 14.4 Å². The molecule has 0 aromatic heterocycles. The largest absolute Gasteiger partial charge is 0.477 e. The molecule has 0 spiro atoms. The lowest BCUT2D eigenvalue weighted by Crippen LogP contribution is -2.47. The number of carbonyl (C=O) groups excluding carboxylic acids is 2. The van der Waals surface area contributed by atoms with Gasteiger partial charge in [-0.2, -0.15) is 0 Å². The summed E-state index contributed by atoms with van der Waals surface area (Å²) < 4.78 is 0. The van der Waals surface area contributed by atoms with Crippen LogP contribution in [0.3, 0.4) is 0 Å². The Bertz CT molecular complexity index is 310. The van der Waals surface area contributed by atoms with Gasteiger partial charge >= 0.3 is 12.0 Å². The number of hydrogen-bond donors (Lipinski definition) is 3. The quantitative estimate of drug-likeness (QED) is 0.412. The Morgan fingerprint density at radius 2 is 2.00 bits per heavy atom. The lowest BCUT2D eigenvalue weighted by molar-refractivity contribution is -0.142. The zero-order valence-corrected chi connectivity index (χ0v) is 8.18. The number of nitrogens with two attached hydrogens (primary N) is 1. The number of imide groups is 1. The van der Waals surface area contributed by atoms with Crippen LogP contribution in [0.2, 0.25) is 0 Å². The highest BCUT2D eigenvalue weighted by molar-refractivity contribution is 6.21. The first-order valence-corrected chi connectivity index (χ1v) is 3.81. The maximum absolute atomic E-state index is 11.2. The van der Waals surface area contributed by atoms with Gasteiger partial charge in [0.05, 0.1) is 0 Å². The van der Waals surface area contributed by atoms with Crippen LogP contribution in [0.4, 0.5) is 4.79 Å². The van der Waals surface area contributed by atoms with E-state index in [1.807, 2.05) is 0 Å². The van der Waals surface area contributed by atoms with Gasteiger partial charge in [0.1, 0.15) is 0 Å². The third kappa shape index (κ3) is 5.24. The fourth-order valence-corrected chi connectivity index (χ4v) is 0.507. The van der Waals surface area contributed by atoms with Gasteiger partial charge < -0.3 is 15.7 Å². The van der Waals surface area contributed by atoms with Crippen LogP contribution >= 0.6 is 0 Å². The lowest BCUT2D eigenvalue weighted by atomic mass is 10.1. The van der Waals surface area contributed by atoms with E-state index in [1.54, 1.807) is 5.32 Å². The molecule has 0 unspecified atom stereocenters. The maximum Gasteiger partial charge on any atom is 0.350 e. The second-order valence-corrected chi connectivity index (χ2v) is 2.99. The predicted molar refractivity (Wildman–Crippen MR) is 49.0 cm³/mol. The third-order valence-electron chi connectivity index (χ3n) is 1.23. The Hall–Kier alpha value is -2.12. The Kier molecular flexibility index (Phi) is 4.24. The van der Waals surface area contributed by atoms with Gasteiger partial charge in [-0.3, -0.25) is 10.1 Å². The lowest BCUT2D eigenvalue weighted by Gasteiger charge is -2.19. The molecule has 0 atom stereocenters. The first-order chi connectivity index (χ1) is 6.75. The minimum atomic E-state index is -1.49. The molecule has 84 valence electrons. The molecule has 3 amide bonds. The van der Waals surface area contributed by atoms with Gasteiger partial charge in [0.2, 0.25) is 5.60 Å². The molecule has 8 nitrogen and oxygen atoms in total. The fraction of sp³-hybridized carbons (Fsp3) is 0.429. The molecule has 0 aliphatic heterocycles. The fourth-order valence-electron chi connectivity index (χ4n) is 0.507. The summed E-state index contributed by atoms with van der Waals surface area (Å²) >= 11 is 0. The van der Waals surface area contributed by atoms with Gasteiger partial charge in [-0.15, -0.1) is 0 Å². The maximum atomic E-state index is 11.2. The summed E-state index contributed by atoms with van der Waals surface area (Å²) in [4.78, 5) is 36.1. The standard InChI is InChI=1S/C7H11N3O5/c1-7(2,5(13)10-6(8)14)15-9-3-4(11)12/h3H,1-2H3,(H,11,12)(H3,8,10,13,14). The smallest absolute Gasteiger partial charge is 0.350 e. The molecule has 0 aromatic rings. The van der Waals surface area contributed by atoms with E-state index in [9.17, 15) is 14.4 Å². The number of aliphatic carboxylic acids is 1. The number of hydrogen-bond acceptors (Lipinski definition) is 5. The van der Waals surface area contributed by atoms with Crippen molar-refractivity contribution >= 4 is 24.1 Å². The van der Waals surface area contributed by atoms with E-state index in [1.165, 1.54) is 13.8 Å². The second-order valence-electron chi connectivity index (χ2n) is 2.99. The summed E-state index contributed by atoms with van der Waals surface area (Å²) in [6.07, 6.45) is 0.472. The average Bonchev–Trinajstić information content (AvgIpc) is 2.01. The Balaban J connectivity index is 4.34. The number of carbonyl (C=O) groups is 3. The number of carboxylic acid groups (broad SMARTS) is 1. The minimum Gasteiger partial charge on any atom is -0.477 e. The zero-order chi connectivity index (χ0) is 12.1. The third-order valence-corrected chi connectivity index (χ3v) is 1.23. The number of oxime groups is 1. The Labute approximate surface area is 85.1 Å².